The lowest BCUT2D eigenvalue weighted by atomic mass is 10.2. The Morgan fingerprint density at radius 3 is 2.71 bits per heavy atom. The number of aliphatic hydroxyl groups is 1. The zero-order chi connectivity index (χ0) is 11.0. The van der Waals surface area contributed by atoms with Gasteiger partial charge in [0, 0.05) is 0 Å². The third kappa shape index (κ3) is 5.44. The summed E-state index contributed by atoms with van der Waals surface area (Å²) in [6.07, 6.45) is -2.88. The maximum Gasteiger partial charge on any atom is 0.343 e. The molecule has 0 fully saturated rings. The van der Waals surface area contributed by atoms with E-state index in [1.54, 1.807) is 18.7 Å². The molecule has 2 unspecified atom stereocenters. The third-order valence-electron chi connectivity index (χ3n) is 1.61. The van der Waals surface area contributed by atoms with Gasteiger partial charge >= 0.3 is 5.97 Å². The summed E-state index contributed by atoms with van der Waals surface area (Å²) in [5, 5.41) is 9.25. The second-order valence-electron chi connectivity index (χ2n) is 2.71. The van der Waals surface area contributed by atoms with E-state index in [-0.39, 0.29) is 13.0 Å². The zero-order valence-electron chi connectivity index (χ0n) is 8.53. The van der Waals surface area contributed by atoms with Crippen molar-refractivity contribution in [2.24, 2.45) is 0 Å². The molecular formula is C9H17FO3S. The van der Waals surface area contributed by atoms with Crippen LogP contribution >= 0.6 is 11.8 Å². The minimum Gasteiger partial charge on any atom is -0.464 e. The summed E-state index contributed by atoms with van der Waals surface area (Å²) < 4.78 is 17.5. The fourth-order valence-electron chi connectivity index (χ4n) is 0.874. The number of carbonyl (C=O) groups excluding carboxylic acids is 1. The molecule has 0 saturated heterocycles. The summed E-state index contributed by atoms with van der Waals surface area (Å²) in [5.41, 5.74) is 0. The summed E-state index contributed by atoms with van der Waals surface area (Å²) in [6, 6.07) is 0. The Bertz CT molecular complexity index is 166. The van der Waals surface area contributed by atoms with Gasteiger partial charge in [0.1, 0.15) is 0 Å². The molecule has 0 bridgehead atoms. The number of rotatable bonds is 7. The molecule has 0 rings (SSSR count). The van der Waals surface area contributed by atoms with Crippen LogP contribution in [0.5, 0.6) is 0 Å². The van der Waals surface area contributed by atoms with E-state index < -0.39 is 18.2 Å². The van der Waals surface area contributed by atoms with E-state index in [9.17, 15) is 14.3 Å². The first-order valence-corrected chi connectivity index (χ1v) is 5.85. The van der Waals surface area contributed by atoms with Gasteiger partial charge in [0.15, 0.2) is 0 Å². The number of thioether (sulfide) groups is 1. The van der Waals surface area contributed by atoms with Crippen molar-refractivity contribution in [2.75, 3.05) is 18.1 Å². The van der Waals surface area contributed by atoms with Crippen LogP contribution in [0.2, 0.25) is 0 Å². The largest absolute Gasteiger partial charge is 0.464 e. The lowest BCUT2D eigenvalue weighted by Crippen LogP contribution is -2.32. The van der Waals surface area contributed by atoms with E-state index in [0.717, 1.165) is 5.75 Å². The highest BCUT2D eigenvalue weighted by atomic mass is 32.2. The van der Waals surface area contributed by atoms with Gasteiger partial charge in [-0.25, -0.2) is 9.18 Å². The fraction of sp³-hybridized carbons (Fsp3) is 0.889. The molecular weight excluding hydrogens is 207 g/mol. The summed E-state index contributed by atoms with van der Waals surface area (Å²) in [5.74, 6) is 0.599. The Balaban J connectivity index is 3.74. The van der Waals surface area contributed by atoms with Crippen LogP contribution in [0.15, 0.2) is 0 Å². The number of alkyl halides is 1. The van der Waals surface area contributed by atoms with Crippen LogP contribution < -0.4 is 0 Å². The molecule has 2 atom stereocenters. The van der Waals surface area contributed by atoms with E-state index in [1.807, 2.05) is 6.92 Å². The predicted octanol–water partition coefficient (Wildman–Crippen LogP) is 1.39. The van der Waals surface area contributed by atoms with Crippen LogP contribution in [0, 0.1) is 0 Å². The molecule has 0 aliphatic rings. The van der Waals surface area contributed by atoms with Gasteiger partial charge in [0.05, 0.1) is 12.7 Å². The first-order valence-electron chi connectivity index (χ1n) is 4.70. The Kier molecular flexibility index (Phi) is 7.89. The molecule has 0 aromatic heterocycles. The minimum absolute atomic E-state index is 0.135. The van der Waals surface area contributed by atoms with Crippen molar-refractivity contribution in [3.63, 3.8) is 0 Å². The number of ether oxygens (including phenoxy) is 1. The molecule has 14 heavy (non-hydrogen) atoms. The molecule has 0 aromatic carbocycles. The lowest BCUT2D eigenvalue weighted by molar-refractivity contribution is -0.153. The highest BCUT2D eigenvalue weighted by Gasteiger charge is 2.27. The molecule has 3 nitrogen and oxygen atoms in total. The molecule has 0 radical (unpaired) electrons. The second kappa shape index (κ2) is 8.05. The smallest absolute Gasteiger partial charge is 0.343 e. The number of esters is 1. The van der Waals surface area contributed by atoms with E-state index in [2.05, 4.69) is 4.74 Å². The predicted molar refractivity (Wildman–Crippen MR) is 55.2 cm³/mol. The van der Waals surface area contributed by atoms with Crippen molar-refractivity contribution in [3.8, 4) is 0 Å². The van der Waals surface area contributed by atoms with E-state index in [1.165, 1.54) is 0 Å². The van der Waals surface area contributed by atoms with Crippen LogP contribution in [0.25, 0.3) is 0 Å². The van der Waals surface area contributed by atoms with Crippen LogP contribution in [0.3, 0.4) is 0 Å². The number of carbonyl (C=O) groups is 1. The molecule has 0 aromatic rings. The van der Waals surface area contributed by atoms with Gasteiger partial charge in [-0.3, -0.25) is 0 Å². The quantitative estimate of drug-likeness (QED) is 0.524. The Labute approximate surface area is 88.0 Å². The molecule has 1 N–H and O–H groups in total. The fourth-order valence-corrected chi connectivity index (χ4v) is 1.57. The second-order valence-corrected chi connectivity index (χ2v) is 4.10. The van der Waals surface area contributed by atoms with Crippen LogP contribution in [-0.2, 0) is 9.53 Å². The van der Waals surface area contributed by atoms with E-state index >= 15 is 0 Å². The normalized spacial score (nSPS) is 14.9. The number of hydrogen-bond acceptors (Lipinski definition) is 4. The summed E-state index contributed by atoms with van der Waals surface area (Å²) >= 11 is 1.60. The van der Waals surface area contributed by atoms with Crippen molar-refractivity contribution in [2.45, 2.75) is 32.5 Å². The van der Waals surface area contributed by atoms with E-state index in [4.69, 9.17) is 0 Å². The monoisotopic (exact) mass is 224 g/mol. The van der Waals surface area contributed by atoms with Crippen molar-refractivity contribution < 1.29 is 19.0 Å². The zero-order valence-corrected chi connectivity index (χ0v) is 9.35. The first kappa shape index (κ1) is 13.7. The van der Waals surface area contributed by atoms with Gasteiger partial charge in [-0.15, -0.1) is 0 Å². The summed E-state index contributed by atoms with van der Waals surface area (Å²) in [7, 11) is 0. The number of aliphatic hydroxyl groups excluding tert-OH is 1. The summed E-state index contributed by atoms with van der Waals surface area (Å²) in [6.45, 7) is 3.72. The highest BCUT2D eigenvalue weighted by molar-refractivity contribution is 7.99. The van der Waals surface area contributed by atoms with Crippen molar-refractivity contribution in [3.05, 3.63) is 0 Å². The molecule has 5 heteroatoms. The molecule has 0 aliphatic carbocycles. The van der Waals surface area contributed by atoms with Gasteiger partial charge in [-0.2, -0.15) is 11.8 Å². The average molecular weight is 224 g/mol. The Hall–Kier alpha value is -0.290. The van der Waals surface area contributed by atoms with Gasteiger partial charge in [0.25, 0.3) is 0 Å². The highest BCUT2D eigenvalue weighted by Crippen LogP contribution is 2.10. The van der Waals surface area contributed by atoms with Crippen LogP contribution in [-0.4, -0.2) is 41.5 Å². The minimum atomic E-state index is -1.91. The van der Waals surface area contributed by atoms with E-state index in [0.29, 0.717) is 5.75 Å². The SMILES string of the molecule is CCOC(=O)C(F)C(O)CCSCC. The molecule has 0 heterocycles. The number of hydrogen-bond donors (Lipinski definition) is 1. The van der Waals surface area contributed by atoms with Crippen LogP contribution in [0.4, 0.5) is 4.39 Å². The maximum atomic E-state index is 13.1. The molecule has 0 spiro atoms. The third-order valence-corrected chi connectivity index (χ3v) is 2.54. The van der Waals surface area contributed by atoms with Gasteiger partial charge in [0.2, 0.25) is 6.17 Å². The van der Waals surface area contributed by atoms with Crippen molar-refractivity contribution in [1.82, 2.24) is 0 Å². The molecule has 0 aliphatic heterocycles. The van der Waals surface area contributed by atoms with Crippen molar-refractivity contribution >= 4 is 17.7 Å². The molecule has 0 amide bonds. The Morgan fingerprint density at radius 1 is 1.57 bits per heavy atom. The first-order chi connectivity index (χ1) is 6.63. The Morgan fingerprint density at radius 2 is 2.21 bits per heavy atom. The van der Waals surface area contributed by atoms with Gasteiger partial charge in [-0.1, -0.05) is 6.92 Å². The average Bonchev–Trinajstić information content (AvgIpc) is 2.17. The summed E-state index contributed by atoms with van der Waals surface area (Å²) in [4.78, 5) is 10.9. The molecule has 84 valence electrons. The van der Waals surface area contributed by atoms with Crippen LogP contribution in [0.1, 0.15) is 20.3 Å². The number of halogens is 1. The van der Waals surface area contributed by atoms with Gasteiger partial charge < -0.3 is 9.84 Å². The van der Waals surface area contributed by atoms with Crippen molar-refractivity contribution in [1.29, 1.82) is 0 Å². The van der Waals surface area contributed by atoms with Gasteiger partial charge in [-0.05, 0) is 24.9 Å². The standard InChI is InChI=1S/C9H17FO3S/c1-3-13-9(12)8(10)7(11)5-6-14-4-2/h7-8,11H,3-6H2,1-2H3. The topological polar surface area (TPSA) is 46.5 Å². The molecule has 0 saturated carbocycles. The maximum absolute atomic E-state index is 13.1. The lowest BCUT2D eigenvalue weighted by Gasteiger charge is -2.13.